The van der Waals surface area contributed by atoms with E-state index in [1.165, 1.54) is 12.8 Å². The Balaban J connectivity index is 2.44. The van der Waals surface area contributed by atoms with Gasteiger partial charge in [-0.3, -0.25) is 4.90 Å². The fourth-order valence-corrected chi connectivity index (χ4v) is 1.53. The lowest BCUT2D eigenvalue weighted by molar-refractivity contribution is 0.209. The van der Waals surface area contributed by atoms with Crippen LogP contribution >= 0.6 is 0 Å². The highest BCUT2D eigenvalue weighted by molar-refractivity contribution is 4.96. The molecule has 0 spiro atoms. The first-order valence-corrected chi connectivity index (χ1v) is 4.80. The average molecular weight is 166 g/mol. The van der Waals surface area contributed by atoms with Crippen molar-refractivity contribution in [1.29, 1.82) is 5.26 Å². The van der Waals surface area contributed by atoms with Crippen LogP contribution < -0.4 is 0 Å². The third kappa shape index (κ3) is 2.49. The fraction of sp³-hybridized carbons (Fsp3) is 0.900. The van der Waals surface area contributed by atoms with E-state index < -0.39 is 0 Å². The minimum absolute atomic E-state index is 0.0971. The van der Waals surface area contributed by atoms with Crippen LogP contribution in [0.4, 0.5) is 0 Å². The minimum atomic E-state index is 0.0971. The number of nitrogens with zero attached hydrogens (tertiary/aromatic N) is 2. The molecule has 0 aliphatic heterocycles. The zero-order chi connectivity index (χ0) is 9.14. The molecule has 1 saturated carbocycles. The molecule has 2 nitrogen and oxygen atoms in total. The van der Waals surface area contributed by atoms with Gasteiger partial charge < -0.3 is 0 Å². The van der Waals surface area contributed by atoms with Crippen molar-refractivity contribution in [2.24, 2.45) is 5.92 Å². The lowest BCUT2D eigenvalue weighted by atomic mass is 10.1. The Bertz CT molecular complexity index is 177. The minimum Gasteiger partial charge on any atom is -0.285 e. The van der Waals surface area contributed by atoms with Gasteiger partial charge >= 0.3 is 0 Å². The number of rotatable bonds is 4. The molecular formula is C10H18N2. The molecule has 1 rings (SSSR count). The predicted molar refractivity (Wildman–Crippen MR) is 49.6 cm³/mol. The standard InChI is InChI=1S/C10H18N2/c1-8(2)7-12(9(3)6-11)10-4-5-10/h8-10H,4-5,7H2,1-3H3. The van der Waals surface area contributed by atoms with Gasteiger partial charge in [0.25, 0.3) is 0 Å². The van der Waals surface area contributed by atoms with Crippen LogP contribution in [0.3, 0.4) is 0 Å². The van der Waals surface area contributed by atoms with Crippen molar-refractivity contribution in [3.8, 4) is 6.07 Å². The predicted octanol–water partition coefficient (Wildman–Crippen LogP) is 2.02. The molecule has 1 aliphatic rings. The van der Waals surface area contributed by atoms with Crippen molar-refractivity contribution >= 4 is 0 Å². The maximum absolute atomic E-state index is 8.80. The Morgan fingerprint density at radius 3 is 2.33 bits per heavy atom. The van der Waals surface area contributed by atoms with Gasteiger partial charge in [-0.15, -0.1) is 0 Å². The zero-order valence-corrected chi connectivity index (χ0v) is 8.25. The summed E-state index contributed by atoms with van der Waals surface area (Å²) in [5.74, 6) is 0.668. The van der Waals surface area contributed by atoms with Crippen LogP contribution in [0.5, 0.6) is 0 Å². The molecule has 0 aromatic heterocycles. The molecule has 0 heterocycles. The van der Waals surface area contributed by atoms with Gasteiger partial charge in [0.05, 0.1) is 12.1 Å². The molecule has 0 amide bonds. The molecule has 1 unspecified atom stereocenters. The van der Waals surface area contributed by atoms with Gasteiger partial charge in [0, 0.05) is 12.6 Å². The maximum atomic E-state index is 8.80. The largest absolute Gasteiger partial charge is 0.285 e. The monoisotopic (exact) mass is 166 g/mol. The second kappa shape index (κ2) is 3.91. The van der Waals surface area contributed by atoms with Crippen molar-refractivity contribution in [2.45, 2.75) is 45.7 Å². The van der Waals surface area contributed by atoms with E-state index in [2.05, 4.69) is 24.8 Å². The molecule has 1 fully saturated rings. The van der Waals surface area contributed by atoms with Crippen LogP contribution in [-0.4, -0.2) is 23.5 Å². The third-order valence-electron chi connectivity index (χ3n) is 2.28. The second-order valence-corrected chi connectivity index (χ2v) is 4.13. The van der Waals surface area contributed by atoms with Gasteiger partial charge in [-0.1, -0.05) is 13.8 Å². The molecule has 0 radical (unpaired) electrons. The second-order valence-electron chi connectivity index (χ2n) is 4.13. The smallest absolute Gasteiger partial charge is 0.0951 e. The highest BCUT2D eigenvalue weighted by Gasteiger charge is 2.32. The summed E-state index contributed by atoms with van der Waals surface area (Å²) < 4.78 is 0. The molecule has 0 bridgehead atoms. The van der Waals surface area contributed by atoms with Crippen molar-refractivity contribution < 1.29 is 0 Å². The molecule has 0 saturated heterocycles. The SMILES string of the molecule is CC(C)CN(C(C)C#N)C1CC1. The molecule has 12 heavy (non-hydrogen) atoms. The average Bonchev–Trinajstić information content (AvgIpc) is 2.81. The van der Waals surface area contributed by atoms with Gasteiger partial charge in [0.2, 0.25) is 0 Å². The maximum Gasteiger partial charge on any atom is 0.0951 e. The summed E-state index contributed by atoms with van der Waals surface area (Å²) in [5.41, 5.74) is 0. The normalized spacial score (nSPS) is 19.7. The van der Waals surface area contributed by atoms with E-state index in [0.29, 0.717) is 12.0 Å². The van der Waals surface area contributed by atoms with Crippen LogP contribution in [0.15, 0.2) is 0 Å². The number of hydrogen-bond donors (Lipinski definition) is 0. The first-order valence-electron chi connectivity index (χ1n) is 4.80. The molecule has 0 aromatic carbocycles. The first kappa shape index (κ1) is 9.54. The van der Waals surface area contributed by atoms with E-state index in [1.54, 1.807) is 0 Å². The Morgan fingerprint density at radius 2 is 2.00 bits per heavy atom. The van der Waals surface area contributed by atoms with Gasteiger partial charge in [-0.05, 0) is 25.7 Å². The Morgan fingerprint density at radius 1 is 1.42 bits per heavy atom. The summed E-state index contributed by atoms with van der Waals surface area (Å²) in [6, 6.07) is 3.12. The number of nitriles is 1. The van der Waals surface area contributed by atoms with Crippen molar-refractivity contribution in [3.63, 3.8) is 0 Å². The molecule has 1 aliphatic carbocycles. The highest BCUT2D eigenvalue weighted by atomic mass is 15.2. The summed E-state index contributed by atoms with van der Waals surface area (Å²) in [7, 11) is 0. The lowest BCUT2D eigenvalue weighted by Crippen LogP contribution is -2.36. The van der Waals surface area contributed by atoms with E-state index in [-0.39, 0.29) is 6.04 Å². The van der Waals surface area contributed by atoms with Crippen LogP contribution in [0.2, 0.25) is 0 Å². The molecule has 0 aromatic rings. The van der Waals surface area contributed by atoms with Gasteiger partial charge in [-0.2, -0.15) is 5.26 Å². The van der Waals surface area contributed by atoms with Crippen molar-refractivity contribution in [2.75, 3.05) is 6.54 Å². The summed E-state index contributed by atoms with van der Waals surface area (Å²) in [4.78, 5) is 2.34. The molecular weight excluding hydrogens is 148 g/mol. The van der Waals surface area contributed by atoms with E-state index in [0.717, 1.165) is 6.54 Å². The topological polar surface area (TPSA) is 27.0 Å². The van der Waals surface area contributed by atoms with Crippen LogP contribution in [0.25, 0.3) is 0 Å². The summed E-state index contributed by atoms with van der Waals surface area (Å²) >= 11 is 0. The van der Waals surface area contributed by atoms with E-state index in [9.17, 15) is 0 Å². The van der Waals surface area contributed by atoms with Gasteiger partial charge in [-0.25, -0.2) is 0 Å². The Hall–Kier alpha value is -0.550. The molecule has 0 N–H and O–H groups in total. The molecule has 68 valence electrons. The molecule has 2 heteroatoms. The van der Waals surface area contributed by atoms with Crippen LogP contribution in [0, 0.1) is 17.2 Å². The fourth-order valence-electron chi connectivity index (χ4n) is 1.53. The Labute approximate surface area is 75.2 Å². The third-order valence-corrected chi connectivity index (χ3v) is 2.28. The van der Waals surface area contributed by atoms with Crippen molar-refractivity contribution in [1.82, 2.24) is 4.90 Å². The van der Waals surface area contributed by atoms with Crippen LogP contribution in [0.1, 0.15) is 33.6 Å². The molecule has 1 atom stereocenters. The zero-order valence-electron chi connectivity index (χ0n) is 8.25. The summed E-state index contributed by atoms with van der Waals surface area (Å²) in [5, 5.41) is 8.80. The van der Waals surface area contributed by atoms with Crippen LogP contribution in [-0.2, 0) is 0 Å². The lowest BCUT2D eigenvalue weighted by Gasteiger charge is -2.25. The van der Waals surface area contributed by atoms with E-state index in [1.807, 2.05) is 6.92 Å². The first-order chi connectivity index (χ1) is 5.65. The van der Waals surface area contributed by atoms with Gasteiger partial charge in [0.15, 0.2) is 0 Å². The van der Waals surface area contributed by atoms with Crippen molar-refractivity contribution in [3.05, 3.63) is 0 Å². The summed E-state index contributed by atoms with van der Waals surface area (Å²) in [6.45, 7) is 7.49. The quantitative estimate of drug-likeness (QED) is 0.639. The van der Waals surface area contributed by atoms with Gasteiger partial charge in [0.1, 0.15) is 0 Å². The van der Waals surface area contributed by atoms with E-state index >= 15 is 0 Å². The summed E-state index contributed by atoms with van der Waals surface area (Å²) in [6.07, 6.45) is 2.58. The highest BCUT2D eigenvalue weighted by Crippen LogP contribution is 2.29. The number of hydrogen-bond acceptors (Lipinski definition) is 2. The Kier molecular flexibility index (Phi) is 3.11. The van der Waals surface area contributed by atoms with E-state index in [4.69, 9.17) is 5.26 Å².